The number of hydrogen-bond donors (Lipinski definition) is 0. The lowest BCUT2D eigenvalue weighted by Gasteiger charge is -2.02. The summed E-state index contributed by atoms with van der Waals surface area (Å²) in [5, 5.41) is 0. The van der Waals surface area contributed by atoms with E-state index >= 15 is 0 Å². The summed E-state index contributed by atoms with van der Waals surface area (Å²) < 4.78 is 0. The fourth-order valence-corrected chi connectivity index (χ4v) is 1.41. The molecule has 88 valence electrons. The van der Waals surface area contributed by atoms with Crippen LogP contribution in [-0.2, 0) is 4.79 Å². The van der Waals surface area contributed by atoms with E-state index in [1.165, 1.54) is 12.5 Å². The molecular weight excluding hydrogens is 208 g/mol. The largest absolute Gasteiger partial charge is 0.295 e. The molecule has 17 heavy (non-hydrogen) atoms. The van der Waals surface area contributed by atoms with E-state index in [1.54, 1.807) is 6.08 Å². The summed E-state index contributed by atoms with van der Waals surface area (Å²) in [5.41, 5.74) is 4.00. The van der Waals surface area contributed by atoms with Crippen LogP contribution in [0.3, 0.4) is 0 Å². The number of hydrogen-bond acceptors (Lipinski definition) is 1. The molecule has 1 nitrogen and oxygen atoms in total. The average molecular weight is 226 g/mol. The number of Topliss-reactive ketones (excluding diaryl/α,β-unsaturated/α-hetero) is 1. The molecule has 0 aliphatic rings. The first-order chi connectivity index (χ1) is 8.04. The molecule has 0 N–H and O–H groups in total. The first-order valence-electron chi connectivity index (χ1n) is 5.66. The van der Waals surface area contributed by atoms with Crippen LogP contribution in [0.4, 0.5) is 0 Å². The molecule has 0 heterocycles. The van der Waals surface area contributed by atoms with E-state index in [0.29, 0.717) is 5.57 Å². The van der Waals surface area contributed by atoms with Gasteiger partial charge in [-0.1, -0.05) is 54.6 Å². The van der Waals surface area contributed by atoms with E-state index in [4.69, 9.17) is 0 Å². The van der Waals surface area contributed by atoms with Crippen LogP contribution in [0.2, 0.25) is 0 Å². The summed E-state index contributed by atoms with van der Waals surface area (Å²) in [6.07, 6.45) is 5.71. The fraction of sp³-hybridized carbons (Fsp3) is 0.188. The van der Waals surface area contributed by atoms with E-state index < -0.39 is 0 Å². The van der Waals surface area contributed by atoms with E-state index in [0.717, 1.165) is 11.1 Å². The SMILES string of the molecule is C=C(/C=C\C(=C/C)c1ccc(C)cc1)C(C)=O. The number of rotatable bonds is 4. The third-order valence-electron chi connectivity index (χ3n) is 2.61. The number of benzene rings is 1. The van der Waals surface area contributed by atoms with Crippen LogP contribution in [-0.4, -0.2) is 5.78 Å². The number of ketones is 1. The molecule has 0 aromatic heterocycles. The van der Waals surface area contributed by atoms with Gasteiger partial charge in [0.25, 0.3) is 0 Å². The highest BCUT2D eigenvalue weighted by atomic mass is 16.1. The van der Waals surface area contributed by atoms with E-state index in [1.807, 2.05) is 19.1 Å². The predicted octanol–water partition coefficient (Wildman–Crippen LogP) is 4.10. The van der Waals surface area contributed by atoms with Gasteiger partial charge in [0.15, 0.2) is 5.78 Å². The molecule has 0 aliphatic heterocycles. The Labute approximate surface area is 103 Å². The van der Waals surface area contributed by atoms with Crippen LogP contribution in [0.1, 0.15) is 25.0 Å². The van der Waals surface area contributed by atoms with Gasteiger partial charge in [-0.05, 0) is 31.9 Å². The molecule has 1 heteroatoms. The molecule has 0 spiro atoms. The van der Waals surface area contributed by atoms with Crippen molar-refractivity contribution in [3.05, 3.63) is 65.8 Å². The Hall–Kier alpha value is -1.89. The highest BCUT2D eigenvalue weighted by molar-refractivity contribution is 5.96. The van der Waals surface area contributed by atoms with Crippen LogP contribution in [0.15, 0.2) is 54.6 Å². The fourth-order valence-electron chi connectivity index (χ4n) is 1.41. The predicted molar refractivity (Wildman–Crippen MR) is 73.8 cm³/mol. The van der Waals surface area contributed by atoms with Crippen molar-refractivity contribution in [3.8, 4) is 0 Å². The van der Waals surface area contributed by atoms with Gasteiger partial charge < -0.3 is 0 Å². The zero-order chi connectivity index (χ0) is 12.8. The van der Waals surface area contributed by atoms with Crippen molar-refractivity contribution < 1.29 is 4.79 Å². The van der Waals surface area contributed by atoms with Crippen LogP contribution < -0.4 is 0 Å². The van der Waals surface area contributed by atoms with Gasteiger partial charge in [0, 0.05) is 5.57 Å². The van der Waals surface area contributed by atoms with Gasteiger partial charge in [0.1, 0.15) is 0 Å². The second kappa shape index (κ2) is 6.00. The molecule has 0 amide bonds. The Balaban J connectivity index is 2.91. The van der Waals surface area contributed by atoms with Crippen molar-refractivity contribution in [2.24, 2.45) is 0 Å². The first-order valence-corrected chi connectivity index (χ1v) is 5.66. The lowest BCUT2D eigenvalue weighted by Crippen LogP contribution is -1.90. The number of aryl methyl sites for hydroxylation is 1. The Morgan fingerprint density at radius 2 is 1.76 bits per heavy atom. The van der Waals surface area contributed by atoms with Crippen LogP contribution >= 0.6 is 0 Å². The third-order valence-corrected chi connectivity index (χ3v) is 2.61. The average Bonchev–Trinajstić information content (AvgIpc) is 2.31. The molecule has 0 atom stereocenters. The molecule has 0 radical (unpaired) electrons. The third kappa shape index (κ3) is 3.87. The maximum absolute atomic E-state index is 11.1. The Morgan fingerprint density at radius 1 is 1.18 bits per heavy atom. The summed E-state index contributed by atoms with van der Waals surface area (Å²) in [4.78, 5) is 11.1. The van der Waals surface area contributed by atoms with Crippen LogP contribution in [0.5, 0.6) is 0 Å². The van der Waals surface area contributed by atoms with Gasteiger partial charge in [-0.15, -0.1) is 0 Å². The summed E-state index contributed by atoms with van der Waals surface area (Å²) in [5.74, 6) is 0.000564. The molecule has 1 rings (SSSR count). The van der Waals surface area contributed by atoms with Crippen molar-refractivity contribution >= 4 is 11.4 Å². The number of carbonyl (C=O) groups excluding carboxylic acids is 1. The molecule has 0 fully saturated rings. The molecule has 0 aliphatic carbocycles. The highest BCUT2D eigenvalue weighted by Crippen LogP contribution is 2.17. The highest BCUT2D eigenvalue weighted by Gasteiger charge is 1.98. The van der Waals surface area contributed by atoms with E-state index in [9.17, 15) is 4.79 Å². The van der Waals surface area contributed by atoms with Crippen molar-refractivity contribution in [2.45, 2.75) is 20.8 Å². The zero-order valence-corrected chi connectivity index (χ0v) is 10.7. The Kier molecular flexibility index (Phi) is 4.65. The number of allylic oxidation sites excluding steroid dienone is 5. The first kappa shape index (κ1) is 13.2. The van der Waals surface area contributed by atoms with Crippen LogP contribution in [0.25, 0.3) is 5.57 Å². The van der Waals surface area contributed by atoms with E-state index in [2.05, 4.69) is 37.8 Å². The van der Waals surface area contributed by atoms with E-state index in [-0.39, 0.29) is 5.78 Å². The number of carbonyl (C=O) groups is 1. The minimum atomic E-state index is 0.000564. The standard InChI is InChI=1S/C16H18O/c1-5-15(11-8-13(3)14(4)17)16-9-6-12(2)7-10-16/h5-11H,3H2,1-2,4H3/b11-8-,15-5+. The second-order valence-electron chi connectivity index (χ2n) is 4.02. The topological polar surface area (TPSA) is 17.1 Å². The Morgan fingerprint density at radius 3 is 2.24 bits per heavy atom. The van der Waals surface area contributed by atoms with Crippen LogP contribution in [0, 0.1) is 6.92 Å². The molecule has 0 saturated carbocycles. The lowest BCUT2D eigenvalue weighted by molar-refractivity contribution is -0.113. The second-order valence-corrected chi connectivity index (χ2v) is 4.02. The smallest absolute Gasteiger partial charge is 0.159 e. The summed E-state index contributed by atoms with van der Waals surface area (Å²) >= 11 is 0. The maximum Gasteiger partial charge on any atom is 0.159 e. The molecule has 0 unspecified atom stereocenters. The molecule has 0 saturated heterocycles. The quantitative estimate of drug-likeness (QED) is 0.558. The lowest BCUT2D eigenvalue weighted by atomic mass is 10.0. The Bertz CT molecular complexity index is 473. The van der Waals surface area contributed by atoms with Crippen molar-refractivity contribution in [3.63, 3.8) is 0 Å². The van der Waals surface area contributed by atoms with Gasteiger partial charge in [-0.3, -0.25) is 4.79 Å². The van der Waals surface area contributed by atoms with Gasteiger partial charge in [-0.2, -0.15) is 0 Å². The molecule has 1 aromatic carbocycles. The van der Waals surface area contributed by atoms with Gasteiger partial charge in [-0.25, -0.2) is 0 Å². The zero-order valence-electron chi connectivity index (χ0n) is 10.7. The van der Waals surface area contributed by atoms with Crippen molar-refractivity contribution in [2.75, 3.05) is 0 Å². The summed E-state index contributed by atoms with van der Waals surface area (Å²) in [6.45, 7) is 9.27. The maximum atomic E-state index is 11.1. The normalized spacial score (nSPS) is 11.8. The minimum Gasteiger partial charge on any atom is -0.295 e. The van der Waals surface area contributed by atoms with Gasteiger partial charge in [0.05, 0.1) is 0 Å². The van der Waals surface area contributed by atoms with Crippen molar-refractivity contribution in [1.29, 1.82) is 0 Å². The molecule has 1 aromatic rings. The molecule has 0 bridgehead atoms. The van der Waals surface area contributed by atoms with Crippen molar-refractivity contribution in [1.82, 2.24) is 0 Å². The summed E-state index contributed by atoms with van der Waals surface area (Å²) in [6, 6.07) is 8.30. The van der Waals surface area contributed by atoms with Gasteiger partial charge >= 0.3 is 0 Å². The monoisotopic (exact) mass is 226 g/mol. The minimum absolute atomic E-state index is 0.000564. The summed E-state index contributed by atoms with van der Waals surface area (Å²) in [7, 11) is 0. The van der Waals surface area contributed by atoms with Gasteiger partial charge in [0.2, 0.25) is 0 Å². The molecular formula is C16H18O.